The molecule has 0 spiro atoms. The van der Waals surface area contributed by atoms with Crippen LogP contribution in [0.1, 0.15) is 33.6 Å². The number of nitrogens with one attached hydrogen (secondary N) is 1. The molecule has 0 aromatic carbocycles. The zero-order valence-electron chi connectivity index (χ0n) is 12.4. The molecule has 0 aliphatic heterocycles. The summed E-state index contributed by atoms with van der Waals surface area (Å²) in [5.74, 6) is -0.103. The van der Waals surface area contributed by atoms with Gasteiger partial charge in [-0.3, -0.25) is 9.59 Å². The summed E-state index contributed by atoms with van der Waals surface area (Å²) in [5, 5.41) is 12.0. The Bertz CT molecular complexity index is 488. The molecular formula is C15H24N2O3. The smallest absolute Gasteiger partial charge is 0.250 e. The Labute approximate surface area is 119 Å². The van der Waals surface area contributed by atoms with Crippen molar-refractivity contribution in [2.75, 3.05) is 6.61 Å². The first-order valence-electron chi connectivity index (χ1n) is 6.90. The first-order chi connectivity index (χ1) is 9.34. The average molecular weight is 280 g/mol. The molecule has 5 nitrogen and oxygen atoms in total. The molecule has 1 heterocycles. The van der Waals surface area contributed by atoms with Gasteiger partial charge in [0.25, 0.3) is 5.56 Å². The molecule has 0 saturated carbocycles. The predicted molar refractivity (Wildman–Crippen MR) is 78.4 cm³/mol. The Morgan fingerprint density at radius 2 is 2.10 bits per heavy atom. The van der Waals surface area contributed by atoms with Crippen molar-refractivity contribution in [1.82, 2.24) is 9.88 Å². The second kappa shape index (κ2) is 7.24. The summed E-state index contributed by atoms with van der Waals surface area (Å²) >= 11 is 0. The first-order valence-corrected chi connectivity index (χ1v) is 6.90. The van der Waals surface area contributed by atoms with Crippen LogP contribution in [-0.2, 0) is 11.3 Å². The van der Waals surface area contributed by atoms with Gasteiger partial charge in [-0.1, -0.05) is 26.8 Å². The van der Waals surface area contributed by atoms with Crippen molar-refractivity contribution in [3.63, 3.8) is 0 Å². The van der Waals surface area contributed by atoms with Gasteiger partial charge in [-0.25, -0.2) is 0 Å². The molecule has 0 aliphatic rings. The zero-order chi connectivity index (χ0) is 15.2. The van der Waals surface area contributed by atoms with Gasteiger partial charge in [0.15, 0.2) is 0 Å². The van der Waals surface area contributed by atoms with Gasteiger partial charge >= 0.3 is 0 Å². The minimum atomic E-state index is -0.109. The van der Waals surface area contributed by atoms with Crippen LogP contribution in [0.2, 0.25) is 0 Å². The highest BCUT2D eigenvalue weighted by atomic mass is 16.3. The van der Waals surface area contributed by atoms with Gasteiger partial charge in [0, 0.05) is 37.9 Å². The van der Waals surface area contributed by atoms with Crippen molar-refractivity contribution < 1.29 is 9.90 Å². The summed E-state index contributed by atoms with van der Waals surface area (Å²) in [6.45, 7) is 6.47. The Hall–Kier alpha value is -1.62. The van der Waals surface area contributed by atoms with Crippen LogP contribution in [0.5, 0.6) is 0 Å². The van der Waals surface area contributed by atoms with E-state index in [2.05, 4.69) is 5.32 Å². The molecule has 1 aromatic rings. The maximum Gasteiger partial charge on any atom is 0.250 e. The van der Waals surface area contributed by atoms with Crippen molar-refractivity contribution in [2.24, 2.45) is 5.41 Å². The maximum atomic E-state index is 12.0. The SMILES string of the molecule is CC(C)(C)C(CCO)NC(=O)CCn1ccccc1=O. The number of aryl methyl sites for hydroxylation is 1. The first kappa shape index (κ1) is 16.4. The molecule has 1 aromatic heterocycles. The van der Waals surface area contributed by atoms with E-state index in [1.165, 1.54) is 10.6 Å². The lowest BCUT2D eigenvalue weighted by atomic mass is 9.85. The van der Waals surface area contributed by atoms with Crippen LogP contribution in [0.3, 0.4) is 0 Å². The summed E-state index contributed by atoms with van der Waals surface area (Å²) in [5.41, 5.74) is -0.217. The van der Waals surface area contributed by atoms with Crippen LogP contribution in [0, 0.1) is 5.41 Å². The topological polar surface area (TPSA) is 71.3 Å². The number of pyridine rings is 1. The molecule has 0 fully saturated rings. The van der Waals surface area contributed by atoms with Crippen molar-refractivity contribution in [1.29, 1.82) is 0 Å². The van der Waals surface area contributed by atoms with Gasteiger partial charge in [-0.2, -0.15) is 0 Å². The molecule has 0 saturated heterocycles. The summed E-state index contributed by atoms with van der Waals surface area (Å²) in [6.07, 6.45) is 2.45. The van der Waals surface area contributed by atoms with Crippen molar-refractivity contribution in [3.8, 4) is 0 Å². The number of aliphatic hydroxyl groups is 1. The van der Waals surface area contributed by atoms with Gasteiger partial charge in [-0.15, -0.1) is 0 Å². The normalized spacial score (nSPS) is 13.0. The third kappa shape index (κ3) is 5.17. The van der Waals surface area contributed by atoms with Crippen LogP contribution < -0.4 is 10.9 Å². The van der Waals surface area contributed by atoms with E-state index >= 15 is 0 Å². The van der Waals surface area contributed by atoms with Gasteiger partial charge in [-0.05, 0) is 17.9 Å². The zero-order valence-corrected chi connectivity index (χ0v) is 12.4. The van der Waals surface area contributed by atoms with Crippen LogP contribution in [0.15, 0.2) is 29.2 Å². The van der Waals surface area contributed by atoms with E-state index in [4.69, 9.17) is 5.11 Å². The number of aromatic nitrogens is 1. The molecular weight excluding hydrogens is 256 g/mol. The number of rotatable bonds is 6. The highest BCUT2D eigenvalue weighted by Crippen LogP contribution is 2.21. The molecule has 2 N–H and O–H groups in total. The van der Waals surface area contributed by atoms with Crippen LogP contribution in [-0.4, -0.2) is 28.2 Å². The van der Waals surface area contributed by atoms with Gasteiger partial charge in [0.05, 0.1) is 0 Å². The van der Waals surface area contributed by atoms with E-state index in [9.17, 15) is 9.59 Å². The fraction of sp³-hybridized carbons (Fsp3) is 0.600. The maximum absolute atomic E-state index is 12.0. The Balaban J connectivity index is 2.55. The van der Waals surface area contributed by atoms with Crippen molar-refractivity contribution in [3.05, 3.63) is 34.7 Å². The summed E-state index contributed by atoms with van der Waals surface area (Å²) < 4.78 is 1.51. The van der Waals surface area contributed by atoms with Gasteiger partial charge < -0.3 is 15.0 Å². The van der Waals surface area contributed by atoms with Crippen molar-refractivity contribution >= 4 is 5.91 Å². The summed E-state index contributed by atoms with van der Waals surface area (Å²) in [6, 6.07) is 4.84. The molecule has 0 radical (unpaired) electrons. The molecule has 1 unspecified atom stereocenters. The number of hydrogen-bond donors (Lipinski definition) is 2. The highest BCUT2D eigenvalue weighted by molar-refractivity contribution is 5.76. The number of aliphatic hydroxyl groups excluding tert-OH is 1. The number of carbonyl (C=O) groups is 1. The third-order valence-electron chi connectivity index (χ3n) is 3.28. The minimum Gasteiger partial charge on any atom is -0.396 e. The number of hydrogen-bond acceptors (Lipinski definition) is 3. The fourth-order valence-electron chi connectivity index (χ4n) is 1.98. The summed E-state index contributed by atoms with van der Waals surface area (Å²) in [4.78, 5) is 23.5. The largest absolute Gasteiger partial charge is 0.396 e. The standard InChI is InChI=1S/C15H24N2O3/c1-15(2,3)12(8-11-18)16-13(19)7-10-17-9-5-4-6-14(17)20/h4-6,9,12,18H,7-8,10-11H2,1-3H3,(H,16,19). The molecule has 1 atom stereocenters. The van der Waals surface area contributed by atoms with E-state index in [1.54, 1.807) is 18.3 Å². The third-order valence-corrected chi connectivity index (χ3v) is 3.28. The molecule has 1 rings (SSSR count). The quantitative estimate of drug-likeness (QED) is 0.821. The van der Waals surface area contributed by atoms with E-state index < -0.39 is 0 Å². The molecule has 20 heavy (non-hydrogen) atoms. The Kier molecular flexibility index (Phi) is 5.95. The van der Waals surface area contributed by atoms with E-state index in [0.29, 0.717) is 13.0 Å². The van der Waals surface area contributed by atoms with E-state index in [0.717, 1.165) is 0 Å². The van der Waals surface area contributed by atoms with E-state index in [-0.39, 0.29) is 36.0 Å². The highest BCUT2D eigenvalue weighted by Gasteiger charge is 2.25. The Morgan fingerprint density at radius 1 is 1.40 bits per heavy atom. The van der Waals surface area contributed by atoms with Crippen LogP contribution in [0.4, 0.5) is 0 Å². The van der Waals surface area contributed by atoms with E-state index in [1.807, 2.05) is 20.8 Å². The lowest BCUT2D eigenvalue weighted by molar-refractivity contribution is -0.122. The number of nitrogens with zero attached hydrogens (tertiary/aromatic N) is 1. The number of amides is 1. The molecule has 5 heteroatoms. The summed E-state index contributed by atoms with van der Waals surface area (Å²) in [7, 11) is 0. The second-order valence-corrected chi connectivity index (χ2v) is 5.98. The fourth-order valence-corrected chi connectivity index (χ4v) is 1.98. The Morgan fingerprint density at radius 3 is 2.65 bits per heavy atom. The lowest BCUT2D eigenvalue weighted by Crippen LogP contribution is -2.44. The minimum absolute atomic E-state index is 0.0420. The molecule has 1 amide bonds. The molecule has 0 aliphatic carbocycles. The average Bonchev–Trinajstić information content (AvgIpc) is 2.36. The van der Waals surface area contributed by atoms with Gasteiger partial charge in [0.1, 0.15) is 0 Å². The van der Waals surface area contributed by atoms with Gasteiger partial charge in [0.2, 0.25) is 5.91 Å². The van der Waals surface area contributed by atoms with Crippen LogP contribution in [0.25, 0.3) is 0 Å². The van der Waals surface area contributed by atoms with Crippen LogP contribution >= 0.6 is 0 Å². The second-order valence-electron chi connectivity index (χ2n) is 5.98. The van der Waals surface area contributed by atoms with Crippen molar-refractivity contribution in [2.45, 2.75) is 46.2 Å². The molecule has 112 valence electrons. The lowest BCUT2D eigenvalue weighted by Gasteiger charge is -2.31. The number of carbonyl (C=O) groups excluding carboxylic acids is 1. The monoisotopic (exact) mass is 280 g/mol. The molecule has 0 bridgehead atoms. The predicted octanol–water partition coefficient (Wildman–Crippen LogP) is 1.15.